The summed E-state index contributed by atoms with van der Waals surface area (Å²) in [5.74, 6) is -0.582. The number of thioether (sulfide) groups is 1. The van der Waals surface area contributed by atoms with Crippen LogP contribution in [0.5, 0.6) is 0 Å². The average molecular weight is 418 g/mol. The molecule has 29 heavy (non-hydrogen) atoms. The number of nitrogens with zero attached hydrogens (tertiary/aromatic N) is 1. The second-order valence-corrected chi connectivity index (χ2v) is 7.04. The molecule has 0 saturated carbocycles. The first-order valence-corrected chi connectivity index (χ1v) is 9.83. The highest BCUT2D eigenvalue weighted by Crippen LogP contribution is 2.27. The van der Waals surface area contributed by atoms with Crippen LogP contribution in [0.3, 0.4) is 0 Å². The number of carbonyl (C=O) groups is 2. The fraction of sp³-hybridized carbons (Fsp3) is 0.300. The van der Waals surface area contributed by atoms with E-state index in [9.17, 15) is 19.7 Å². The summed E-state index contributed by atoms with van der Waals surface area (Å²) in [6.45, 7) is 2.49. The molecule has 2 aromatic carbocycles. The van der Waals surface area contributed by atoms with Crippen molar-refractivity contribution in [1.29, 1.82) is 0 Å². The van der Waals surface area contributed by atoms with E-state index in [0.717, 1.165) is 0 Å². The predicted molar refractivity (Wildman–Crippen MR) is 109 cm³/mol. The van der Waals surface area contributed by atoms with Crippen molar-refractivity contribution in [2.45, 2.75) is 17.9 Å². The third-order valence-electron chi connectivity index (χ3n) is 3.93. The van der Waals surface area contributed by atoms with E-state index in [1.54, 1.807) is 50.4 Å². The monoisotopic (exact) mass is 418 g/mol. The van der Waals surface area contributed by atoms with Gasteiger partial charge in [0.25, 0.3) is 5.69 Å². The van der Waals surface area contributed by atoms with Crippen molar-refractivity contribution < 1.29 is 24.0 Å². The van der Waals surface area contributed by atoms with Crippen molar-refractivity contribution in [2.75, 3.05) is 26.0 Å². The van der Waals surface area contributed by atoms with Crippen LogP contribution < -0.4 is 5.32 Å². The van der Waals surface area contributed by atoms with Crippen LogP contribution in [0.4, 0.5) is 5.69 Å². The minimum Gasteiger partial charge on any atom is -0.454 e. The van der Waals surface area contributed by atoms with Gasteiger partial charge in [0, 0.05) is 30.7 Å². The van der Waals surface area contributed by atoms with E-state index < -0.39 is 17.0 Å². The number of non-ortho nitro benzene ring substituents is 1. The summed E-state index contributed by atoms with van der Waals surface area (Å²) in [5, 5.41) is 13.6. The Kier molecular flexibility index (Phi) is 8.63. The number of methoxy groups -OCH3 is 1. The molecule has 154 valence electrons. The Morgan fingerprint density at radius 2 is 1.97 bits per heavy atom. The molecule has 0 fully saturated rings. The van der Waals surface area contributed by atoms with Gasteiger partial charge in [-0.15, -0.1) is 11.8 Å². The fourth-order valence-electron chi connectivity index (χ4n) is 2.43. The van der Waals surface area contributed by atoms with Gasteiger partial charge in [0.2, 0.25) is 5.91 Å². The molecule has 0 saturated heterocycles. The second-order valence-electron chi connectivity index (χ2n) is 6.03. The van der Waals surface area contributed by atoms with E-state index in [1.807, 2.05) is 0 Å². The molecule has 0 aromatic heterocycles. The Labute approximate surface area is 172 Å². The number of ether oxygens (including phenoxy) is 2. The predicted octanol–water partition coefficient (Wildman–Crippen LogP) is 3.37. The van der Waals surface area contributed by atoms with Crippen molar-refractivity contribution in [3.8, 4) is 0 Å². The zero-order valence-electron chi connectivity index (χ0n) is 16.1. The van der Waals surface area contributed by atoms with Crippen LogP contribution in [0.15, 0.2) is 53.4 Å². The average Bonchev–Trinajstić information content (AvgIpc) is 2.72. The highest BCUT2D eigenvalue weighted by molar-refractivity contribution is 8.00. The summed E-state index contributed by atoms with van der Waals surface area (Å²) >= 11 is 1.23. The molecule has 0 spiro atoms. The first kappa shape index (κ1) is 22.4. The standard InChI is InChI=1S/C20H22N2O6S/c1-14(15-6-5-7-16(12-15)22(25)26)28-20(24)17-8-3-4-9-18(17)29-13-19(23)21-10-11-27-2/h3-9,12,14H,10-11,13H2,1-2H3,(H,21,23)/t14-/m0/s1. The minimum atomic E-state index is -0.669. The number of carbonyl (C=O) groups excluding carboxylic acids is 2. The summed E-state index contributed by atoms with van der Waals surface area (Å²) in [6.07, 6.45) is -0.669. The van der Waals surface area contributed by atoms with Crippen molar-refractivity contribution in [3.05, 3.63) is 69.8 Å². The van der Waals surface area contributed by atoms with Crippen molar-refractivity contribution in [2.24, 2.45) is 0 Å². The van der Waals surface area contributed by atoms with Crippen LogP contribution in [-0.2, 0) is 14.3 Å². The van der Waals surface area contributed by atoms with Crippen molar-refractivity contribution in [3.63, 3.8) is 0 Å². The number of hydrogen-bond acceptors (Lipinski definition) is 7. The van der Waals surface area contributed by atoms with Gasteiger partial charge >= 0.3 is 5.97 Å². The molecule has 0 aliphatic rings. The normalized spacial score (nSPS) is 11.5. The number of rotatable bonds is 10. The van der Waals surface area contributed by atoms with Gasteiger partial charge < -0.3 is 14.8 Å². The Hall–Kier alpha value is -2.91. The topological polar surface area (TPSA) is 108 Å². The molecule has 2 rings (SSSR count). The Bertz CT molecular complexity index is 874. The van der Waals surface area contributed by atoms with Crippen LogP contribution >= 0.6 is 11.8 Å². The lowest BCUT2D eigenvalue weighted by Gasteiger charge is -2.15. The molecule has 8 nitrogen and oxygen atoms in total. The molecular formula is C20H22N2O6S. The second kappa shape index (κ2) is 11.2. The maximum Gasteiger partial charge on any atom is 0.339 e. The van der Waals surface area contributed by atoms with Crippen LogP contribution in [0.25, 0.3) is 0 Å². The van der Waals surface area contributed by atoms with Gasteiger partial charge in [-0.1, -0.05) is 24.3 Å². The fourth-order valence-corrected chi connectivity index (χ4v) is 3.30. The third-order valence-corrected chi connectivity index (χ3v) is 5.00. The summed E-state index contributed by atoms with van der Waals surface area (Å²) in [7, 11) is 1.55. The molecule has 0 unspecified atom stereocenters. The van der Waals surface area contributed by atoms with Gasteiger partial charge in [-0.05, 0) is 24.6 Å². The first-order chi connectivity index (χ1) is 13.9. The number of nitro benzene ring substituents is 1. The number of nitrogens with one attached hydrogen (secondary N) is 1. The zero-order chi connectivity index (χ0) is 21.2. The van der Waals surface area contributed by atoms with Gasteiger partial charge in [0.15, 0.2) is 0 Å². The quantitative estimate of drug-likeness (QED) is 0.207. The number of nitro groups is 1. The van der Waals surface area contributed by atoms with Crippen LogP contribution in [0.2, 0.25) is 0 Å². The van der Waals surface area contributed by atoms with Gasteiger partial charge in [0.05, 0.1) is 22.8 Å². The number of hydrogen-bond donors (Lipinski definition) is 1. The highest BCUT2D eigenvalue weighted by Gasteiger charge is 2.19. The van der Waals surface area contributed by atoms with Crippen molar-refractivity contribution in [1.82, 2.24) is 5.32 Å². The summed E-state index contributed by atoms with van der Waals surface area (Å²) in [5.41, 5.74) is 0.788. The lowest BCUT2D eigenvalue weighted by atomic mass is 10.1. The van der Waals surface area contributed by atoms with Crippen molar-refractivity contribution >= 4 is 29.3 Å². The molecule has 0 radical (unpaired) electrons. The molecule has 2 aromatic rings. The SMILES string of the molecule is COCCNC(=O)CSc1ccccc1C(=O)O[C@@H](C)c1cccc([N+](=O)[O-])c1. The molecule has 0 bridgehead atoms. The Balaban J connectivity index is 2.03. The van der Waals surface area contributed by atoms with E-state index >= 15 is 0 Å². The molecule has 9 heteroatoms. The lowest BCUT2D eigenvalue weighted by Crippen LogP contribution is -2.28. The number of benzene rings is 2. The van der Waals surface area contributed by atoms with Gasteiger partial charge in [-0.2, -0.15) is 0 Å². The molecule has 1 atom stereocenters. The van der Waals surface area contributed by atoms with Crippen LogP contribution in [-0.4, -0.2) is 42.8 Å². The zero-order valence-corrected chi connectivity index (χ0v) is 16.9. The number of esters is 1. The third kappa shape index (κ3) is 6.88. The lowest BCUT2D eigenvalue weighted by molar-refractivity contribution is -0.385. The smallest absolute Gasteiger partial charge is 0.339 e. The summed E-state index contributed by atoms with van der Waals surface area (Å²) in [4.78, 5) is 35.5. The molecule has 1 amide bonds. The molecule has 0 heterocycles. The van der Waals surface area contributed by atoms with Crippen LogP contribution in [0, 0.1) is 10.1 Å². The number of amides is 1. The minimum absolute atomic E-state index is 0.0687. The largest absolute Gasteiger partial charge is 0.454 e. The van der Waals surface area contributed by atoms with E-state index in [4.69, 9.17) is 9.47 Å². The molecule has 0 aliphatic heterocycles. The molecule has 0 aliphatic carbocycles. The summed E-state index contributed by atoms with van der Waals surface area (Å²) < 4.78 is 10.4. The van der Waals surface area contributed by atoms with Crippen LogP contribution in [0.1, 0.15) is 28.9 Å². The van der Waals surface area contributed by atoms with E-state index in [1.165, 1.54) is 23.9 Å². The Morgan fingerprint density at radius 1 is 1.21 bits per heavy atom. The molecule has 1 N–H and O–H groups in total. The van der Waals surface area contributed by atoms with Gasteiger partial charge in [0.1, 0.15) is 6.10 Å². The van der Waals surface area contributed by atoms with E-state index in [-0.39, 0.29) is 17.3 Å². The first-order valence-electron chi connectivity index (χ1n) is 8.85. The highest BCUT2D eigenvalue weighted by atomic mass is 32.2. The molecular weight excluding hydrogens is 396 g/mol. The summed E-state index contributed by atoms with van der Waals surface area (Å²) in [6, 6.07) is 12.8. The van der Waals surface area contributed by atoms with Gasteiger partial charge in [-0.25, -0.2) is 4.79 Å². The maximum atomic E-state index is 12.6. The van der Waals surface area contributed by atoms with E-state index in [2.05, 4.69) is 5.32 Å². The Morgan fingerprint density at radius 3 is 2.69 bits per heavy atom. The van der Waals surface area contributed by atoms with Gasteiger partial charge in [-0.3, -0.25) is 14.9 Å². The van der Waals surface area contributed by atoms with E-state index in [0.29, 0.717) is 29.2 Å². The maximum absolute atomic E-state index is 12.6.